The van der Waals surface area contributed by atoms with Gasteiger partial charge >= 0.3 is 0 Å². The number of halogens is 1. The number of thiazole rings is 1. The Kier molecular flexibility index (Phi) is 4.03. The van der Waals surface area contributed by atoms with Crippen molar-refractivity contribution < 1.29 is 14.2 Å². The average molecular weight is 290 g/mol. The molecule has 0 amide bonds. The summed E-state index contributed by atoms with van der Waals surface area (Å²) in [7, 11) is 0. The fourth-order valence-electron chi connectivity index (χ4n) is 2.33. The van der Waals surface area contributed by atoms with Gasteiger partial charge in [0.2, 0.25) is 0 Å². The molecule has 0 aromatic carbocycles. The molecule has 1 aliphatic carbocycles. The van der Waals surface area contributed by atoms with Gasteiger partial charge in [0.15, 0.2) is 11.4 Å². The minimum absolute atomic E-state index is 0.291. The molecule has 2 heterocycles. The molecule has 1 aromatic rings. The first kappa shape index (κ1) is 12.7. The van der Waals surface area contributed by atoms with E-state index in [1.807, 2.05) is 0 Å². The zero-order valence-electron chi connectivity index (χ0n) is 10.1. The van der Waals surface area contributed by atoms with E-state index in [-0.39, 0.29) is 6.29 Å². The van der Waals surface area contributed by atoms with Crippen LogP contribution in [0.3, 0.4) is 0 Å². The SMILES string of the molecule is Clc1nc(OC2CCCCC2)sc1C1OCCO1. The van der Waals surface area contributed by atoms with Gasteiger partial charge in [-0.25, -0.2) is 0 Å². The van der Waals surface area contributed by atoms with Crippen molar-refractivity contribution in [2.75, 3.05) is 13.2 Å². The number of hydrogen-bond donors (Lipinski definition) is 0. The van der Waals surface area contributed by atoms with Crippen molar-refractivity contribution in [2.24, 2.45) is 0 Å². The third-order valence-electron chi connectivity index (χ3n) is 3.25. The maximum atomic E-state index is 6.10. The summed E-state index contributed by atoms with van der Waals surface area (Å²) in [5.41, 5.74) is 0. The highest BCUT2D eigenvalue weighted by Crippen LogP contribution is 2.38. The maximum Gasteiger partial charge on any atom is 0.275 e. The second kappa shape index (κ2) is 5.74. The summed E-state index contributed by atoms with van der Waals surface area (Å²) >= 11 is 7.54. The monoisotopic (exact) mass is 289 g/mol. The van der Waals surface area contributed by atoms with Gasteiger partial charge in [0.1, 0.15) is 11.0 Å². The molecule has 0 radical (unpaired) electrons. The highest BCUT2D eigenvalue weighted by Gasteiger charge is 2.26. The molecule has 6 heteroatoms. The van der Waals surface area contributed by atoms with Gasteiger partial charge in [-0.05, 0) is 25.7 Å². The molecule has 3 rings (SSSR count). The van der Waals surface area contributed by atoms with Crippen molar-refractivity contribution >= 4 is 22.9 Å². The summed E-state index contributed by atoms with van der Waals surface area (Å²) in [6.07, 6.45) is 5.95. The molecule has 1 aliphatic heterocycles. The van der Waals surface area contributed by atoms with E-state index in [1.54, 1.807) is 0 Å². The van der Waals surface area contributed by atoms with Crippen LogP contribution in [0.25, 0.3) is 0 Å². The van der Waals surface area contributed by atoms with Gasteiger partial charge in [0.25, 0.3) is 5.19 Å². The van der Waals surface area contributed by atoms with Gasteiger partial charge in [-0.2, -0.15) is 4.98 Å². The molecule has 18 heavy (non-hydrogen) atoms. The Morgan fingerprint density at radius 1 is 1.17 bits per heavy atom. The van der Waals surface area contributed by atoms with E-state index in [0.29, 0.717) is 29.7 Å². The summed E-state index contributed by atoms with van der Waals surface area (Å²) < 4.78 is 16.8. The smallest absolute Gasteiger partial charge is 0.275 e. The number of ether oxygens (including phenoxy) is 3. The molecule has 0 atom stereocenters. The summed E-state index contributed by atoms with van der Waals surface area (Å²) in [5.74, 6) is 0. The molecule has 0 unspecified atom stereocenters. The molecule has 100 valence electrons. The van der Waals surface area contributed by atoms with Crippen molar-refractivity contribution in [3.63, 3.8) is 0 Å². The molecule has 0 spiro atoms. The quantitative estimate of drug-likeness (QED) is 0.853. The maximum absolute atomic E-state index is 6.10. The molecule has 0 bridgehead atoms. The molecular formula is C12H16ClNO3S. The van der Waals surface area contributed by atoms with Crippen LogP contribution in [0.1, 0.15) is 43.3 Å². The van der Waals surface area contributed by atoms with Crippen LogP contribution in [0.4, 0.5) is 0 Å². The van der Waals surface area contributed by atoms with Crippen molar-refractivity contribution in [2.45, 2.75) is 44.5 Å². The van der Waals surface area contributed by atoms with E-state index in [4.69, 9.17) is 25.8 Å². The first-order valence-electron chi connectivity index (χ1n) is 6.39. The van der Waals surface area contributed by atoms with Crippen molar-refractivity contribution in [3.05, 3.63) is 10.0 Å². The molecule has 2 fully saturated rings. The zero-order valence-corrected chi connectivity index (χ0v) is 11.6. The normalized spacial score (nSPS) is 22.5. The lowest BCUT2D eigenvalue weighted by Crippen LogP contribution is -2.19. The van der Waals surface area contributed by atoms with Gasteiger partial charge in [-0.15, -0.1) is 0 Å². The molecule has 1 aromatic heterocycles. The summed E-state index contributed by atoms with van der Waals surface area (Å²) in [5, 5.41) is 1.08. The highest BCUT2D eigenvalue weighted by molar-refractivity contribution is 7.14. The molecule has 4 nitrogen and oxygen atoms in total. The minimum Gasteiger partial charge on any atom is -0.467 e. The second-order valence-corrected chi connectivity index (χ2v) is 5.94. The van der Waals surface area contributed by atoms with Crippen LogP contribution >= 0.6 is 22.9 Å². The Labute approximate surface area is 115 Å². The predicted molar refractivity (Wildman–Crippen MR) is 69.3 cm³/mol. The number of aromatic nitrogens is 1. The topological polar surface area (TPSA) is 40.6 Å². The number of hydrogen-bond acceptors (Lipinski definition) is 5. The van der Waals surface area contributed by atoms with Gasteiger partial charge in [-0.3, -0.25) is 0 Å². The van der Waals surface area contributed by atoms with Crippen LogP contribution in [-0.2, 0) is 9.47 Å². The Hall–Kier alpha value is -0.360. The van der Waals surface area contributed by atoms with E-state index in [1.165, 1.54) is 30.6 Å². The summed E-state index contributed by atoms with van der Waals surface area (Å²) in [4.78, 5) is 5.07. The van der Waals surface area contributed by atoms with Gasteiger partial charge in [0.05, 0.1) is 13.2 Å². The fraction of sp³-hybridized carbons (Fsp3) is 0.750. The van der Waals surface area contributed by atoms with Gasteiger partial charge in [0, 0.05) is 0 Å². The average Bonchev–Trinajstić information content (AvgIpc) is 3.00. The van der Waals surface area contributed by atoms with Crippen LogP contribution in [0.15, 0.2) is 0 Å². The molecule has 2 aliphatic rings. The Bertz CT molecular complexity index is 400. The van der Waals surface area contributed by atoms with Crippen molar-refractivity contribution in [3.8, 4) is 5.19 Å². The Balaban J connectivity index is 1.67. The number of nitrogens with zero attached hydrogens (tertiary/aromatic N) is 1. The summed E-state index contributed by atoms with van der Waals surface area (Å²) in [6.45, 7) is 1.22. The van der Waals surface area contributed by atoms with E-state index in [0.717, 1.165) is 17.7 Å². The zero-order chi connectivity index (χ0) is 12.4. The largest absolute Gasteiger partial charge is 0.467 e. The lowest BCUT2D eigenvalue weighted by molar-refractivity contribution is -0.0413. The molecular weight excluding hydrogens is 274 g/mol. The molecule has 1 saturated heterocycles. The second-order valence-electron chi connectivity index (χ2n) is 4.59. The third-order valence-corrected chi connectivity index (χ3v) is 4.61. The Morgan fingerprint density at radius 2 is 1.89 bits per heavy atom. The van der Waals surface area contributed by atoms with Crippen LogP contribution in [0, 0.1) is 0 Å². The molecule has 1 saturated carbocycles. The fourth-order valence-corrected chi connectivity index (χ4v) is 3.53. The predicted octanol–water partition coefficient (Wildman–Crippen LogP) is 3.55. The lowest BCUT2D eigenvalue weighted by Gasteiger charge is -2.21. The lowest BCUT2D eigenvalue weighted by atomic mass is 9.98. The van der Waals surface area contributed by atoms with Gasteiger partial charge < -0.3 is 14.2 Å². The van der Waals surface area contributed by atoms with Crippen molar-refractivity contribution in [1.82, 2.24) is 4.98 Å². The highest BCUT2D eigenvalue weighted by atomic mass is 35.5. The van der Waals surface area contributed by atoms with E-state index in [9.17, 15) is 0 Å². The van der Waals surface area contributed by atoms with E-state index < -0.39 is 0 Å². The first-order chi connectivity index (χ1) is 8.83. The first-order valence-corrected chi connectivity index (χ1v) is 7.58. The minimum atomic E-state index is -0.362. The standard InChI is InChI=1S/C12H16ClNO3S/c13-10-9(11-15-6-7-16-11)18-12(14-10)17-8-4-2-1-3-5-8/h8,11H,1-7H2. The Morgan fingerprint density at radius 3 is 2.61 bits per heavy atom. The van der Waals surface area contributed by atoms with E-state index >= 15 is 0 Å². The van der Waals surface area contributed by atoms with Crippen molar-refractivity contribution in [1.29, 1.82) is 0 Å². The molecule has 0 N–H and O–H groups in total. The van der Waals surface area contributed by atoms with Crippen LogP contribution in [0.5, 0.6) is 5.19 Å². The third kappa shape index (κ3) is 2.79. The van der Waals surface area contributed by atoms with Crippen LogP contribution < -0.4 is 4.74 Å². The number of rotatable bonds is 3. The van der Waals surface area contributed by atoms with E-state index in [2.05, 4.69) is 4.98 Å². The van der Waals surface area contributed by atoms with Crippen LogP contribution in [0.2, 0.25) is 5.15 Å². The van der Waals surface area contributed by atoms with Gasteiger partial charge in [-0.1, -0.05) is 29.4 Å². The van der Waals surface area contributed by atoms with Crippen LogP contribution in [-0.4, -0.2) is 24.3 Å². The summed E-state index contributed by atoms with van der Waals surface area (Å²) in [6, 6.07) is 0.